The van der Waals surface area contributed by atoms with E-state index < -0.39 is 0 Å². The number of piperazine rings is 1. The fourth-order valence-electron chi connectivity index (χ4n) is 4.47. The lowest BCUT2D eigenvalue weighted by molar-refractivity contribution is 0.112. The Morgan fingerprint density at radius 1 is 0.649 bits per heavy atom. The number of aryl methyl sites for hydroxylation is 2. The number of ether oxygens (including phenoxy) is 3. The van der Waals surface area contributed by atoms with Crippen LogP contribution in [0.3, 0.4) is 0 Å². The Morgan fingerprint density at radius 3 is 2.08 bits per heavy atom. The third-order valence-electron chi connectivity index (χ3n) is 6.55. The molecule has 0 radical (unpaired) electrons. The molecule has 1 heterocycles. The van der Waals surface area contributed by atoms with E-state index in [0.717, 1.165) is 89.0 Å². The number of rotatable bonds is 13. The molecule has 1 saturated heterocycles. The van der Waals surface area contributed by atoms with Crippen molar-refractivity contribution in [1.29, 1.82) is 0 Å². The Hall–Kier alpha value is -2.44. The monoisotopic (exact) mass is 546 g/mol. The number of hydrogen-bond acceptors (Lipinski definition) is 5. The van der Waals surface area contributed by atoms with Gasteiger partial charge < -0.3 is 19.1 Å². The molecule has 0 atom stereocenters. The number of halogens is 2. The molecular formula is C30H40Cl2N2O3. The Kier molecular flexibility index (Phi) is 14.3. The molecule has 0 spiro atoms. The summed E-state index contributed by atoms with van der Waals surface area (Å²) >= 11 is 0. The van der Waals surface area contributed by atoms with Gasteiger partial charge in [0.25, 0.3) is 0 Å². The smallest absolute Gasteiger partial charge is 0.122 e. The molecule has 3 aromatic rings. The van der Waals surface area contributed by atoms with Gasteiger partial charge in [-0.15, -0.1) is 24.8 Å². The first-order chi connectivity index (χ1) is 17.3. The molecule has 0 aromatic heterocycles. The van der Waals surface area contributed by atoms with Gasteiger partial charge in [0.2, 0.25) is 0 Å². The molecule has 1 fully saturated rings. The topological polar surface area (TPSA) is 34.2 Å². The highest BCUT2D eigenvalue weighted by Gasteiger charge is 2.16. The largest absolute Gasteiger partial charge is 0.497 e. The summed E-state index contributed by atoms with van der Waals surface area (Å²) in [5.41, 5.74) is 2.55. The van der Waals surface area contributed by atoms with E-state index in [9.17, 15) is 0 Å². The van der Waals surface area contributed by atoms with Crippen LogP contribution in [0, 0.1) is 0 Å². The minimum Gasteiger partial charge on any atom is -0.497 e. The van der Waals surface area contributed by atoms with Gasteiger partial charge in [-0.3, -0.25) is 4.90 Å². The molecule has 0 unspecified atom stereocenters. The van der Waals surface area contributed by atoms with E-state index in [0.29, 0.717) is 0 Å². The molecule has 3 aromatic carbocycles. The maximum atomic E-state index is 6.20. The molecule has 0 amide bonds. The van der Waals surface area contributed by atoms with Gasteiger partial charge in [-0.05, 0) is 60.7 Å². The van der Waals surface area contributed by atoms with Crippen molar-refractivity contribution in [2.75, 3.05) is 59.6 Å². The van der Waals surface area contributed by atoms with Crippen molar-refractivity contribution in [3.8, 4) is 17.2 Å². The van der Waals surface area contributed by atoms with E-state index in [2.05, 4.69) is 52.3 Å². The predicted molar refractivity (Wildman–Crippen MR) is 156 cm³/mol. The van der Waals surface area contributed by atoms with Gasteiger partial charge in [0.1, 0.15) is 23.9 Å². The molecule has 0 saturated carbocycles. The first kappa shape index (κ1) is 30.8. The fourth-order valence-corrected chi connectivity index (χ4v) is 4.47. The highest BCUT2D eigenvalue weighted by molar-refractivity contribution is 5.85. The van der Waals surface area contributed by atoms with Gasteiger partial charge in [-0.1, -0.05) is 48.5 Å². The van der Waals surface area contributed by atoms with Crippen LogP contribution in [0.25, 0.3) is 0 Å². The van der Waals surface area contributed by atoms with Crippen LogP contribution in [-0.4, -0.2) is 69.4 Å². The first-order valence-corrected chi connectivity index (χ1v) is 12.8. The quantitative estimate of drug-likeness (QED) is 0.253. The van der Waals surface area contributed by atoms with Gasteiger partial charge in [0, 0.05) is 39.3 Å². The van der Waals surface area contributed by atoms with Gasteiger partial charge in [-0.25, -0.2) is 0 Å². The average molecular weight is 548 g/mol. The predicted octanol–water partition coefficient (Wildman–Crippen LogP) is 5.79. The maximum absolute atomic E-state index is 6.20. The zero-order valence-corrected chi connectivity index (χ0v) is 23.4. The summed E-state index contributed by atoms with van der Waals surface area (Å²) in [6.45, 7) is 8.00. The second-order valence-electron chi connectivity index (χ2n) is 9.01. The lowest BCUT2D eigenvalue weighted by Gasteiger charge is -2.34. The average Bonchev–Trinajstić information content (AvgIpc) is 2.92. The molecule has 1 aliphatic rings. The van der Waals surface area contributed by atoms with Crippen molar-refractivity contribution in [2.24, 2.45) is 0 Å². The Morgan fingerprint density at radius 2 is 1.32 bits per heavy atom. The van der Waals surface area contributed by atoms with Crippen molar-refractivity contribution in [1.82, 2.24) is 9.80 Å². The zero-order valence-electron chi connectivity index (χ0n) is 21.7. The van der Waals surface area contributed by atoms with Crippen LogP contribution in [0.15, 0.2) is 78.9 Å². The van der Waals surface area contributed by atoms with Crippen molar-refractivity contribution < 1.29 is 14.2 Å². The van der Waals surface area contributed by atoms with Crippen LogP contribution in [-0.2, 0) is 12.8 Å². The van der Waals surface area contributed by atoms with E-state index in [4.69, 9.17) is 14.2 Å². The number of methoxy groups -OCH3 is 1. The molecule has 5 nitrogen and oxygen atoms in total. The van der Waals surface area contributed by atoms with Crippen molar-refractivity contribution in [3.05, 3.63) is 90.0 Å². The van der Waals surface area contributed by atoms with E-state index >= 15 is 0 Å². The van der Waals surface area contributed by atoms with E-state index in [1.54, 1.807) is 7.11 Å². The molecule has 0 bridgehead atoms. The van der Waals surface area contributed by atoms with Crippen LogP contribution < -0.4 is 14.2 Å². The Labute approximate surface area is 234 Å². The lowest BCUT2D eigenvalue weighted by Crippen LogP contribution is -2.47. The number of nitrogens with zero attached hydrogens (tertiary/aromatic N) is 2. The molecule has 0 N–H and O–H groups in total. The molecule has 37 heavy (non-hydrogen) atoms. The van der Waals surface area contributed by atoms with Crippen molar-refractivity contribution >= 4 is 24.8 Å². The normalized spacial score (nSPS) is 13.8. The van der Waals surface area contributed by atoms with Gasteiger partial charge in [0.05, 0.1) is 13.7 Å². The highest BCUT2D eigenvalue weighted by atomic mass is 35.5. The zero-order chi connectivity index (χ0) is 24.1. The summed E-state index contributed by atoms with van der Waals surface area (Å²) < 4.78 is 17.4. The Balaban J connectivity index is 0.00000241. The van der Waals surface area contributed by atoms with E-state index in [1.807, 2.05) is 36.4 Å². The van der Waals surface area contributed by atoms with Crippen molar-refractivity contribution in [3.63, 3.8) is 0 Å². The standard InChI is InChI=1S/C30H38N2O3.2ClH/c1-33-29-13-7-9-26(25-29)15-16-27-10-5-6-14-30(27)35-23-8-17-31-18-20-32(21-19-31)22-24-34-28-11-3-2-4-12-28;;/h2-7,9-14,25H,8,15-24H2,1H3;2*1H. The summed E-state index contributed by atoms with van der Waals surface area (Å²) in [5.74, 6) is 2.88. The summed E-state index contributed by atoms with van der Waals surface area (Å²) in [6.07, 6.45) is 2.97. The van der Waals surface area contributed by atoms with Gasteiger partial charge >= 0.3 is 0 Å². The first-order valence-electron chi connectivity index (χ1n) is 12.8. The highest BCUT2D eigenvalue weighted by Crippen LogP contribution is 2.21. The van der Waals surface area contributed by atoms with Gasteiger partial charge in [-0.2, -0.15) is 0 Å². The molecular weight excluding hydrogens is 507 g/mol. The van der Waals surface area contributed by atoms with Crippen LogP contribution in [0.5, 0.6) is 17.2 Å². The summed E-state index contributed by atoms with van der Waals surface area (Å²) in [6, 6.07) is 26.8. The summed E-state index contributed by atoms with van der Waals surface area (Å²) in [4.78, 5) is 5.04. The molecule has 7 heteroatoms. The van der Waals surface area contributed by atoms with Crippen LogP contribution in [0.1, 0.15) is 17.5 Å². The number of hydrogen-bond donors (Lipinski definition) is 0. The van der Waals surface area contributed by atoms with Crippen LogP contribution in [0.4, 0.5) is 0 Å². The molecule has 1 aliphatic heterocycles. The maximum Gasteiger partial charge on any atom is 0.122 e. The SMILES string of the molecule is COc1cccc(CCc2ccccc2OCCCN2CCN(CCOc3ccccc3)CC2)c1.Cl.Cl. The van der Waals surface area contributed by atoms with E-state index in [-0.39, 0.29) is 24.8 Å². The summed E-state index contributed by atoms with van der Waals surface area (Å²) in [5, 5.41) is 0. The number of benzene rings is 3. The molecule has 0 aliphatic carbocycles. The fraction of sp³-hybridized carbons (Fsp3) is 0.400. The second-order valence-corrected chi connectivity index (χ2v) is 9.01. The van der Waals surface area contributed by atoms with E-state index in [1.165, 1.54) is 11.1 Å². The lowest BCUT2D eigenvalue weighted by atomic mass is 10.0. The van der Waals surface area contributed by atoms with Crippen LogP contribution >= 0.6 is 24.8 Å². The minimum absolute atomic E-state index is 0. The minimum atomic E-state index is 0. The van der Waals surface area contributed by atoms with Crippen molar-refractivity contribution in [2.45, 2.75) is 19.3 Å². The van der Waals surface area contributed by atoms with Crippen LogP contribution in [0.2, 0.25) is 0 Å². The third kappa shape index (κ3) is 10.4. The third-order valence-corrected chi connectivity index (χ3v) is 6.55. The molecule has 202 valence electrons. The van der Waals surface area contributed by atoms with Gasteiger partial charge in [0.15, 0.2) is 0 Å². The molecule has 4 rings (SSSR count). The second kappa shape index (κ2) is 17.1. The number of para-hydroxylation sites is 2. The summed E-state index contributed by atoms with van der Waals surface area (Å²) in [7, 11) is 1.71. The Bertz CT molecular complexity index is 1010.